The molecule has 0 saturated heterocycles. The first-order valence-electron chi connectivity index (χ1n) is 7.66. The van der Waals surface area contributed by atoms with E-state index in [0.29, 0.717) is 0 Å². The number of unbranched alkanes of at least 4 members (excludes halogenated alkanes) is 1. The number of nitrogens with one attached hydrogen (secondary N) is 2. The predicted octanol–water partition coefficient (Wildman–Crippen LogP) is 4.30. The van der Waals surface area contributed by atoms with Crippen molar-refractivity contribution in [3.05, 3.63) is 41.7 Å². The Morgan fingerprint density at radius 2 is 1.90 bits per heavy atom. The second-order valence-corrected chi connectivity index (χ2v) is 5.16. The lowest BCUT2D eigenvalue weighted by atomic mass is 10.1. The summed E-state index contributed by atoms with van der Waals surface area (Å²) in [4.78, 5) is 8.57. The molecule has 112 valence electrons. The minimum atomic E-state index is 0.827. The van der Waals surface area contributed by atoms with Gasteiger partial charge < -0.3 is 10.6 Å². The van der Waals surface area contributed by atoms with Crippen molar-refractivity contribution in [1.29, 1.82) is 0 Å². The maximum Gasteiger partial charge on any atom is 0.135 e. The number of benzene rings is 1. The van der Waals surface area contributed by atoms with Crippen LogP contribution in [0.1, 0.15) is 37.8 Å². The van der Waals surface area contributed by atoms with Crippen LogP contribution in [0.5, 0.6) is 0 Å². The van der Waals surface area contributed by atoms with Crippen molar-refractivity contribution in [3.8, 4) is 0 Å². The Kier molecular flexibility index (Phi) is 5.55. The summed E-state index contributed by atoms with van der Waals surface area (Å²) in [6.45, 7) is 7.40. The Balaban J connectivity index is 2.14. The number of hydrogen-bond donors (Lipinski definition) is 2. The second-order valence-electron chi connectivity index (χ2n) is 5.16. The molecule has 0 atom stereocenters. The lowest BCUT2D eigenvalue weighted by Crippen LogP contribution is -2.05. The van der Waals surface area contributed by atoms with E-state index >= 15 is 0 Å². The molecule has 0 spiro atoms. The van der Waals surface area contributed by atoms with Crippen LogP contribution in [-0.2, 0) is 6.42 Å². The largest absolute Gasteiger partial charge is 0.370 e. The van der Waals surface area contributed by atoms with Crippen LogP contribution in [0, 0.1) is 6.92 Å². The van der Waals surface area contributed by atoms with Crippen molar-refractivity contribution in [2.45, 2.75) is 40.0 Å². The smallest absolute Gasteiger partial charge is 0.135 e. The molecule has 21 heavy (non-hydrogen) atoms. The summed E-state index contributed by atoms with van der Waals surface area (Å²) in [5.41, 5.74) is 3.68. The van der Waals surface area contributed by atoms with Crippen LogP contribution in [0.15, 0.2) is 30.6 Å². The first-order chi connectivity index (χ1) is 10.2. The van der Waals surface area contributed by atoms with E-state index in [0.717, 1.165) is 36.7 Å². The first kappa shape index (κ1) is 15.3. The summed E-state index contributed by atoms with van der Waals surface area (Å²) in [6.07, 6.45) is 4.91. The van der Waals surface area contributed by atoms with E-state index in [1.807, 2.05) is 6.07 Å². The third-order valence-corrected chi connectivity index (χ3v) is 3.50. The molecule has 4 nitrogen and oxygen atoms in total. The highest BCUT2D eigenvalue weighted by atomic mass is 15.1. The number of aromatic nitrogens is 2. The standard InChI is InChI=1S/C17H24N4/c1-4-6-10-18-15-11-16(20-12-19-15)21-17-13(3)8-7-9-14(17)5-2/h7-9,11-12H,4-6,10H2,1-3H3,(H2,18,19,20,21). The van der Waals surface area contributed by atoms with Crippen molar-refractivity contribution < 1.29 is 0 Å². The third kappa shape index (κ3) is 4.18. The maximum absolute atomic E-state index is 4.32. The highest BCUT2D eigenvalue weighted by Gasteiger charge is 2.06. The minimum absolute atomic E-state index is 0.827. The third-order valence-electron chi connectivity index (χ3n) is 3.50. The fourth-order valence-corrected chi connectivity index (χ4v) is 2.25. The van der Waals surface area contributed by atoms with Gasteiger partial charge in [0.25, 0.3) is 0 Å². The number of rotatable bonds is 7. The van der Waals surface area contributed by atoms with Gasteiger partial charge in [-0.05, 0) is 30.9 Å². The Labute approximate surface area is 127 Å². The average molecular weight is 284 g/mol. The molecule has 2 aromatic rings. The molecule has 0 radical (unpaired) electrons. The van der Waals surface area contributed by atoms with Gasteiger partial charge in [0.05, 0.1) is 0 Å². The van der Waals surface area contributed by atoms with E-state index in [4.69, 9.17) is 0 Å². The molecule has 0 aliphatic heterocycles. The highest BCUT2D eigenvalue weighted by Crippen LogP contribution is 2.25. The molecule has 2 rings (SSSR count). The van der Waals surface area contributed by atoms with Crippen LogP contribution in [-0.4, -0.2) is 16.5 Å². The summed E-state index contributed by atoms with van der Waals surface area (Å²) < 4.78 is 0. The monoisotopic (exact) mass is 284 g/mol. The van der Waals surface area contributed by atoms with Gasteiger partial charge >= 0.3 is 0 Å². The summed E-state index contributed by atoms with van der Waals surface area (Å²) >= 11 is 0. The fraction of sp³-hybridized carbons (Fsp3) is 0.412. The van der Waals surface area contributed by atoms with Gasteiger partial charge in [0.1, 0.15) is 18.0 Å². The Hall–Kier alpha value is -2.10. The van der Waals surface area contributed by atoms with Gasteiger partial charge in [0.2, 0.25) is 0 Å². The summed E-state index contributed by atoms with van der Waals surface area (Å²) in [7, 11) is 0. The van der Waals surface area contributed by atoms with Crippen molar-refractivity contribution in [2.24, 2.45) is 0 Å². The molecule has 1 aromatic carbocycles. The topological polar surface area (TPSA) is 49.8 Å². The van der Waals surface area contributed by atoms with E-state index in [-0.39, 0.29) is 0 Å². The number of aryl methyl sites for hydroxylation is 2. The quantitative estimate of drug-likeness (QED) is 0.744. The minimum Gasteiger partial charge on any atom is -0.370 e. The molecule has 2 N–H and O–H groups in total. The SMILES string of the molecule is CCCCNc1cc(Nc2c(C)cccc2CC)ncn1. The van der Waals surface area contributed by atoms with Gasteiger partial charge in [-0.2, -0.15) is 0 Å². The van der Waals surface area contributed by atoms with Crippen molar-refractivity contribution in [2.75, 3.05) is 17.2 Å². The highest BCUT2D eigenvalue weighted by molar-refractivity contribution is 5.66. The van der Waals surface area contributed by atoms with Crippen molar-refractivity contribution in [3.63, 3.8) is 0 Å². The van der Waals surface area contributed by atoms with Gasteiger partial charge in [-0.25, -0.2) is 9.97 Å². The Morgan fingerprint density at radius 1 is 1.10 bits per heavy atom. The zero-order valence-corrected chi connectivity index (χ0v) is 13.1. The number of hydrogen-bond acceptors (Lipinski definition) is 4. The maximum atomic E-state index is 4.32. The van der Waals surface area contributed by atoms with E-state index in [1.54, 1.807) is 6.33 Å². The first-order valence-corrected chi connectivity index (χ1v) is 7.66. The van der Waals surface area contributed by atoms with E-state index in [9.17, 15) is 0 Å². The molecular formula is C17H24N4. The molecule has 0 aliphatic carbocycles. The fourth-order valence-electron chi connectivity index (χ4n) is 2.25. The van der Waals surface area contributed by atoms with Gasteiger partial charge in [-0.15, -0.1) is 0 Å². The van der Waals surface area contributed by atoms with Crippen LogP contribution >= 0.6 is 0 Å². The molecule has 0 aliphatic rings. The van der Waals surface area contributed by atoms with E-state index in [1.165, 1.54) is 17.5 Å². The molecule has 1 aromatic heterocycles. The lowest BCUT2D eigenvalue weighted by molar-refractivity contribution is 0.830. The van der Waals surface area contributed by atoms with E-state index in [2.05, 4.69) is 59.6 Å². The molecule has 1 heterocycles. The van der Waals surface area contributed by atoms with Crippen LogP contribution < -0.4 is 10.6 Å². The summed E-state index contributed by atoms with van der Waals surface area (Å²) in [5.74, 6) is 1.69. The number of anilines is 3. The normalized spacial score (nSPS) is 10.4. The molecule has 0 unspecified atom stereocenters. The van der Waals surface area contributed by atoms with E-state index < -0.39 is 0 Å². The zero-order valence-electron chi connectivity index (χ0n) is 13.1. The predicted molar refractivity (Wildman–Crippen MR) is 89.3 cm³/mol. The van der Waals surface area contributed by atoms with Crippen LogP contribution in [0.3, 0.4) is 0 Å². The van der Waals surface area contributed by atoms with Crippen LogP contribution in [0.2, 0.25) is 0 Å². The summed E-state index contributed by atoms with van der Waals surface area (Å²) in [6, 6.07) is 8.32. The van der Waals surface area contributed by atoms with Crippen LogP contribution in [0.25, 0.3) is 0 Å². The molecule has 0 fully saturated rings. The molecule has 0 amide bonds. The molecule has 0 bridgehead atoms. The molecule has 4 heteroatoms. The van der Waals surface area contributed by atoms with Gasteiger partial charge in [0.15, 0.2) is 0 Å². The van der Waals surface area contributed by atoms with Gasteiger partial charge in [0, 0.05) is 18.3 Å². The zero-order chi connectivity index (χ0) is 15.1. The van der Waals surface area contributed by atoms with Gasteiger partial charge in [-0.3, -0.25) is 0 Å². The van der Waals surface area contributed by atoms with Crippen molar-refractivity contribution >= 4 is 17.3 Å². The Bertz CT molecular complexity index is 581. The van der Waals surface area contributed by atoms with Crippen molar-refractivity contribution in [1.82, 2.24) is 9.97 Å². The van der Waals surface area contributed by atoms with Crippen LogP contribution in [0.4, 0.5) is 17.3 Å². The second kappa shape index (κ2) is 7.62. The van der Waals surface area contributed by atoms with Gasteiger partial charge in [-0.1, -0.05) is 38.5 Å². The number of para-hydroxylation sites is 1. The lowest BCUT2D eigenvalue weighted by Gasteiger charge is -2.14. The molecular weight excluding hydrogens is 260 g/mol. The number of nitrogens with zero attached hydrogens (tertiary/aromatic N) is 2. The molecule has 0 saturated carbocycles. The Morgan fingerprint density at radius 3 is 2.67 bits per heavy atom. The average Bonchev–Trinajstić information content (AvgIpc) is 2.50. The summed E-state index contributed by atoms with van der Waals surface area (Å²) in [5, 5.41) is 6.76.